The fraction of sp³-hybridized carbons (Fsp3) is 0.588. The number of fused-ring (bicyclic) bond motifs is 2. The third-order valence-electron chi connectivity index (χ3n) is 4.53. The molecule has 1 aromatic carbocycles. The minimum absolute atomic E-state index is 0. The van der Waals surface area contributed by atoms with Crippen molar-refractivity contribution in [1.29, 1.82) is 0 Å². The Hall–Kier alpha value is -1.18. The van der Waals surface area contributed by atoms with E-state index in [1.165, 1.54) is 5.56 Å². The van der Waals surface area contributed by atoms with Gasteiger partial charge in [-0.25, -0.2) is 4.99 Å². The fourth-order valence-electron chi connectivity index (χ4n) is 3.26. The highest BCUT2D eigenvalue weighted by Crippen LogP contribution is 2.40. The molecule has 0 fully saturated rings. The molecular weight excluding hydrogens is 390 g/mol. The van der Waals surface area contributed by atoms with Crippen LogP contribution in [0.2, 0.25) is 0 Å². The number of amidine groups is 1. The lowest BCUT2D eigenvalue weighted by Crippen LogP contribution is -2.33. The van der Waals surface area contributed by atoms with Gasteiger partial charge >= 0.3 is 6.18 Å². The lowest BCUT2D eigenvalue weighted by molar-refractivity contribution is -0.135. The fourth-order valence-corrected chi connectivity index (χ4v) is 3.26. The van der Waals surface area contributed by atoms with Crippen molar-refractivity contribution >= 4 is 36.3 Å². The molecule has 0 aromatic heterocycles. The van der Waals surface area contributed by atoms with E-state index in [0.717, 1.165) is 30.6 Å². The van der Waals surface area contributed by atoms with Crippen LogP contribution in [0.4, 0.5) is 18.9 Å². The van der Waals surface area contributed by atoms with Gasteiger partial charge < -0.3 is 15.8 Å². The largest absolute Gasteiger partial charge is 0.481 e. The molecular formula is C17H24Cl2F3N3O. The number of ether oxygens (including phenoxy) is 1. The van der Waals surface area contributed by atoms with Gasteiger partial charge in [-0.05, 0) is 62.4 Å². The van der Waals surface area contributed by atoms with E-state index in [1.54, 1.807) is 0 Å². The zero-order valence-corrected chi connectivity index (χ0v) is 16.1. The molecule has 0 radical (unpaired) electrons. The van der Waals surface area contributed by atoms with Gasteiger partial charge in [0.15, 0.2) is 6.10 Å². The summed E-state index contributed by atoms with van der Waals surface area (Å²) in [4.78, 5) is 4.39. The number of halogens is 5. The van der Waals surface area contributed by atoms with E-state index in [2.05, 4.69) is 10.3 Å². The van der Waals surface area contributed by atoms with Crippen molar-refractivity contribution in [3.8, 4) is 5.75 Å². The first-order valence-electron chi connectivity index (χ1n) is 8.31. The molecule has 0 amide bonds. The number of nitrogens with two attached hydrogens (primary N) is 1. The molecule has 1 aliphatic heterocycles. The second-order valence-electron chi connectivity index (χ2n) is 6.43. The van der Waals surface area contributed by atoms with Crippen LogP contribution in [0.5, 0.6) is 5.75 Å². The van der Waals surface area contributed by atoms with E-state index >= 15 is 0 Å². The smallest absolute Gasteiger partial charge is 0.389 e. The lowest BCUT2D eigenvalue weighted by atomic mass is 9.86. The van der Waals surface area contributed by atoms with E-state index in [4.69, 9.17) is 10.5 Å². The molecule has 26 heavy (non-hydrogen) atoms. The van der Waals surface area contributed by atoms with E-state index in [0.29, 0.717) is 18.1 Å². The standard InChI is InChI=1S/C17H22F3N3O.2ClH/c1-10-16(21)23-14-9-12-11(8-15(14)24-10)4-2-5-13(12)22-7-3-6-17(18,19)20;;/h8-10,13,22H,2-7H2,1H3,(H2,21,23);2*1H/t10-,13-;;/m1../s1. The molecule has 1 aromatic rings. The quantitative estimate of drug-likeness (QED) is 0.708. The lowest BCUT2D eigenvalue weighted by Gasteiger charge is -2.29. The normalized spacial score (nSPS) is 21.3. The summed E-state index contributed by atoms with van der Waals surface area (Å²) in [5, 5.41) is 3.26. The Morgan fingerprint density at radius 2 is 2.04 bits per heavy atom. The second-order valence-corrected chi connectivity index (χ2v) is 6.43. The van der Waals surface area contributed by atoms with E-state index in [-0.39, 0.29) is 43.4 Å². The summed E-state index contributed by atoms with van der Waals surface area (Å²) in [6, 6.07) is 4.02. The van der Waals surface area contributed by atoms with Crippen molar-refractivity contribution in [2.75, 3.05) is 6.54 Å². The molecule has 4 nitrogen and oxygen atoms in total. The topological polar surface area (TPSA) is 59.6 Å². The summed E-state index contributed by atoms with van der Waals surface area (Å²) in [7, 11) is 0. The SMILES string of the molecule is C[C@H]1Oc2cc3c(cc2N=C1N)[C@H](NCCCC(F)(F)F)CCC3.Cl.Cl. The van der Waals surface area contributed by atoms with E-state index < -0.39 is 12.6 Å². The molecule has 3 N–H and O–H groups in total. The molecule has 0 saturated carbocycles. The summed E-state index contributed by atoms with van der Waals surface area (Å²) in [6.45, 7) is 2.20. The first-order valence-corrected chi connectivity index (χ1v) is 8.31. The third-order valence-corrected chi connectivity index (χ3v) is 4.53. The molecule has 0 bridgehead atoms. The summed E-state index contributed by atoms with van der Waals surface area (Å²) < 4.78 is 42.5. The van der Waals surface area contributed by atoms with Crippen molar-refractivity contribution in [3.63, 3.8) is 0 Å². The van der Waals surface area contributed by atoms with Crippen LogP contribution in [-0.4, -0.2) is 24.7 Å². The van der Waals surface area contributed by atoms with Gasteiger partial charge in [0.1, 0.15) is 17.3 Å². The van der Waals surface area contributed by atoms with Crippen LogP contribution in [-0.2, 0) is 6.42 Å². The Labute approximate surface area is 163 Å². The number of hydrogen-bond donors (Lipinski definition) is 2. The Balaban J connectivity index is 0.00000169. The summed E-state index contributed by atoms with van der Waals surface area (Å²) >= 11 is 0. The Morgan fingerprint density at radius 3 is 2.73 bits per heavy atom. The van der Waals surface area contributed by atoms with E-state index in [1.807, 2.05) is 19.1 Å². The number of rotatable bonds is 4. The summed E-state index contributed by atoms with van der Waals surface area (Å²) in [6.07, 6.45) is -2.14. The van der Waals surface area contributed by atoms with Crippen LogP contribution in [0.15, 0.2) is 17.1 Å². The highest BCUT2D eigenvalue weighted by atomic mass is 35.5. The zero-order valence-electron chi connectivity index (χ0n) is 14.4. The van der Waals surface area contributed by atoms with Gasteiger partial charge in [0.25, 0.3) is 0 Å². The van der Waals surface area contributed by atoms with Gasteiger partial charge in [-0.3, -0.25) is 0 Å². The van der Waals surface area contributed by atoms with Crippen LogP contribution < -0.4 is 15.8 Å². The van der Waals surface area contributed by atoms with Crippen LogP contribution in [0.1, 0.15) is 49.8 Å². The number of benzene rings is 1. The minimum Gasteiger partial charge on any atom is -0.481 e. The monoisotopic (exact) mass is 413 g/mol. The first-order chi connectivity index (χ1) is 11.3. The molecule has 0 unspecified atom stereocenters. The van der Waals surface area contributed by atoms with E-state index in [9.17, 15) is 13.2 Å². The number of alkyl halides is 3. The number of aliphatic imine (C=N–C) groups is 1. The average Bonchev–Trinajstić information content (AvgIpc) is 2.50. The van der Waals surface area contributed by atoms with Crippen molar-refractivity contribution in [2.24, 2.45) is 10.7 Å². The van der Waals surface area contributed by atoms with Gasteiger partial charge in [0.2, 0.25) is 0 Å². The number of nitrogens with one attached hydrogen (secondary N) is 1. The van der Waals surface area contributed by atoms with Crippen LogP contribution >= 0.6 is 24.8 Å². The molecule has 1 heterocycles. The Morgan fingerprint density at radius 1 is 1.31 bits per heavy atom. The highest BCUT2D eigenvalue weighted by molar-refractivity contribution is 5.90. The number of nitrogens with zero attached hydrogens (tertiary/aromatic N) is 1. The predicted molar refractivity (Wildman–Crippen MR) is 101 cm³/mol. The average molecular weight is 414 g/mol. The highest BCUT2D eigenvalue weighted by Gasteiger charge is 2.28. The van der Waals surface area contributed by atoms with Gasteiger partial charge in [-0.1, -0.05) is 0 Å². The summed E-state index contributed by atoms with van der Waals surface area (Å²) in [5.41, 5.74) is 8.82. The maximum Gasteiger partial charge on any atom is 0.389 e. The number of hydrogen-bond acceptors (Lipinski definition) is 4. The first kappa shape index (κ1) is 22.9. The van der Waals surface area contributed by atoms with Gasteiger partial charge in [0.05, 0.1) is 0 Å². The van der Waals surface area contributed by atoms with Crippen LogP contribution in [0.3, 0.4) is 0 Å². The maximum absolute atomic E-state index is 12.2. The van der Waals surface area contributed by atoms with Crippen molar-refractivity contribution in [2.45, 2.75) is 57.3 Å². The second kappa shape index (κ2) is 9.15. The predicted octanol–water partition coefficient (Wildman–Crippen LogP) is 4.61. The maximum atomic E-state index is 12.2. The molecule has 2 atom stereocenters. The van der Waals surface area contributed by atoms with Gasteiger partial charge in [0, 0.05) is 12.5 Å². The van der Waals surface area contributed by atoms with Crippen LogP contribution in [0.25, 0.3) is 0 Å². The third kappa shape index (κ3) is 5.41. The van der Waals surface area contributed by atoms with Gasteiger partial charge in [-0.15, -0.1) is 24.8 Å². The van der Waals surface area contributed by atoms with Gasteiger partial charge in [-0.2, -0.15) is 13.2 Å². The minimum atomic E-state index is -4.09. The number of aryl methyl sites for hydroxylation is 1. The molecule has 0 saturated heterocycles. The molecule has 2 aliphatic rings. The molecule has 0 spiro atoms. The van der Waals surface area contributed by atoms with Crippen molar-refractivity contribution < 1.29 is 17.9 Å². The van der Waals surface area contributed by atoms with Crippen molar-refractivity contribution in [3.05, 3.63) is 23.3 Å². The molecule has 9 heteroatoms. The molecule has 3 rings (SSSR count). The molecule has 1 aliphatic carbocycles. The van der Waals surface area contributed by atoms with Crippen molar-refractivity contribution in [1.82, 2.24) is 5.32 Å². The molecule has 148 valence electrons. The zero-order chi connectivity index (χ0) is 17.3. The Bertz CT molecular complexity index is 653. The Kier molecular flexibility index (Phi) is 8.04. The van der Waals surface area contributed by atoms with Crippen LogP contribution in [0, 0.1) is 0 Å². The summed E-state index contributed by atoms with van der Waals surface area (Å²) in [5.74, 6) is 1.17.